The minimum atomic E-state index is -1.12. The number of halogens is 2. The molecule has 21 heavy (non-hydrogen) atoms. The van der Waals surface area contributed by atoms with Gasteiger partial charge in [-0.3, -0.25) is 0 Å². The first-order valence-electron chi connectivity index (χ1n) is 6.20. The van der Waals surface area contributed by atoms with Crippen LogP contribution >= 0.6 is 27.5 Å². The molecule has 0 saturated heterocycles. The molecule has 0 bridgehead atoms. The first-order chi connectivity index (χ1) is 9.88. The predicted octanol–water partition coefficient (Wildman–Crippen LogP) is 4.46. The molecule has 110 valence electrons. The number of hydrogen-bond acceptors (Lipinski definition) is 4. The number of rotatable bonds is 4. The Morgan fingerprint density at radius 3 is 2.71 bits per heavy atom. The van der Waals surface area contributed by atoms with Gasteiger partial charge >= 0.3 is 5.97 Å². The first kappa shape index (κ1) is 15.7. The summed E-state index contributed by atoms with van der Waals surface area (Å²) in [5.74, 6) is -0.585. The van der Waals surface area contributed by atoms with Crippen molar-refractivity contribution in [1.29, 1.82) is 0 Å². The van der Waals surface area contributed by atoms with Crippen LogP contribution in [0.3, 0.4) is 0 Å². The van der Waals surface area contributed by atoms with Crippen LogP contribution in [0.15, 0.2) is 28.9 Å². The molecule has 0 radical (unpaired) electrons. The molecule has 2 N–H and O–H groups in total. The topological polar surface area (TPSA) is 75.1 Å². The van der Waals surface area contributed by atoms with E-state index in [1.807, 2.05) is 13.8 Å². The van der Waals surface area contributed by atoms with Gasteiger partial charge in [0.15, 0.2) is 5.69 Å². The Bertz CT molecular complexity index is 692. The second-order valence-corrected chi connectivity index (χ2v) is 6.02. The van der Waals surface area contributed by atoms with Gasteiger partial charge in [-0.1, -0.05) is 41.4 Å². The second-order valence-electron chi connectivity index (χ2n) is 4.70. The van der Waals surface area contributed by atoms with Crippen LogP contribution < -0.4 is 5.32 Å². The van der Waals surface area contributed by atoms with Gasteiger partial charge in [-0.05, 0) is 18.2 Å². The number of carboxylic acids is 1. The Hall–Kier alpha value is -1.66. The maximum absolute atomic E-state index is 11.4. The summed E-state index contributed by atoms with van der Waals surface area (Å²) in [6.07, 6.45) is 1.46. The third-order valence-electron chi connectivity index (χ3n) is 2.72. The van der Waals surface area contributed by atoms with Crippen molar-refractivity contribution >= 4 is 44.9 Å². The molecule has 0 amide bonds. The minimum Gasteiger partial charge on any atom is -0.476 e. The zero-order valence-electron chi connectivity index (χ0n) is 11.4. The number of nitrogens with one attached hydrogen (secondary N) is 1. The van der Waals surface area contributed by atoms with Crippen LogP contribution in [0.25, 0.3) is 0 Å². The molecule has 0 saturated carbocycles. The third kappa shape index (κ3) is 3.71. The molecule has 5 nitrogen and oxygen atoms in total. The lowest BCUT2D eigenvalue weighted by molar-refractivity contribution is 0.0691. The summed E-state index contributed by atoms with van der Waals surface area (Å²) < 4.78 is 0.825. The monoisotopic (exact) mass is 369 g/mol. The highest BCUT2D eigenvalue weighted by Gasteiger charge is 2.16. The largest absolute Gasteiger partial charge is 0.476 e. The molecular weight excluding hydrogens is 358 g/mol. The Morgan fingerprint density at radius 2 is 2.10 bits per heavy atom. The minimum absolute atomic E-state index is 0.0478. The number of hydrogen-bond donors (Lipinski definition) is 2. The molecule has 2 rings (SSSR count). The summed E-state index contributed by atoms with van der Waals surface area (Å²) in [7, 11) is 0. The van der Waals surface area contributed by atoms with Crippen molar-refractivity contribution in [2.24, 2.45) is 0 Å². The molecule has 1 aromatic carbocycles. The molecule has 0 unspecified atom stereocenters. The average Bonchev–Trinajstić information content (AvgIpc) is 2.42. The van der Waals surface area contributed by atoms with E-state index in [-0.39, 0.29) is 11.6 Å². The quantitative estimate of drug-likeness (QED) is 0.831. The highest BCUT2D eigenvalue weighted by molar-refractivity contribution is 9.10. The lowest BCUT2D eigenvalue weighted by Gasteiger charge is -2.12. The molecule has 0 aliphatic rings. The molecule has 0 spiro atoms. The van der Waals surface area contributed by atoms with Crippen molar-refractivity contribution in [3.63, 3.8) is 0 Å². The predicted molar refractivity (Wildman–Crippen MR) is 85.5 cm³/mol. The van der Waals surface area contributed by atoms with Gasteiger partial charge < -0.3 is 10.4 Å². The van der Waals surface area contributed by atoms with Crippen molar-refractivity contribution < 1.29 is 9.90 Å². The van der Waals surface area contributed by atoms with Crippen LogP contribution in [0.1, 0.15) is 36.1 Å². The number of nitrogens with zero attached hydrogens (tertiary/aromatic N) is 2. The Balaban J connectivity index is 2.44. The zero-order valence-corrected chi connectivity index (χ0v) is 13.7. The lowest BCUT2D eigenvalue weighted by Crippen LogP contribution is -2.10. The van der Waals surface area contributed by atoms with E-state index >= 15 is 0 Å². The number of carbonyl (C=O) groups is 1. The van der Waals surface area contributed by atoms with Crippen LogP contribution in [0.2, 0.25) is 5.02 Å². The van der Waals surface area contributed by atoms with Gasteiger partial charge in [0.25, 0.3) is 0 Å². The van der Waals surface area contributed by atoms with Gasteiger partial charge in [-0.15, -0.1) is 0 Å². The Labute approximate surface area is 135 Å². The Kier molecular flexibility index (Phi) is 4.80. The van der Waals surface area contributed by atoms with Crippen LogP contribution in [0.4, 0.5) is 11.4 Å². The average molecular weight is 371 g/mol. The van der Waals surface area contributed by atoms with Crippen molar-refractivity contribution in [1.82, 2.24) is 9.97 Å². The van der Waals surface area contributed by atoms with E-state index in [1.165, 1.54) is 6.20 Å². The van der Waals surface area contributed by atoms with Crippen molar-refractivity contribution in [3.05, 3.63) is 45.4 Å². The standard InChI is InChI=1S/C14H13BrClN3O2/c1-7(2)13-17-6-11(12(19-13)14(20)21)18-10-5-8(15)3-4-9(10)16/h3-7,18H,1-2H3,(H,20,21). The van der Waals surface area contributed by atoms with Crippen LogP contribution in [-0.4, -0.2) is 21.0 Å². The molecule has 0 fully saturated rings. The van der Waals surface area contributed by atoms with Crippen molar-refractivity contribution in [2.75, 3.05) is 5.32 Å². The fourth-order valence-electron chi connectivity index (χ4n) is 1.67. The summed E-state index contributed by atoms with van der Waals surface area (Å²) >= 11 is 9.43. The van der Waals surface area contributed by atoms with Gasteiger partial charge in [0.05, 0.1) is 22.6 Å². The normalized spacial score (nSPS) is 10.7. The van der Waals surface area contributed by atoms with E-state index in [4.69, 9.17) is 11.6 Å². The number of aromatic carboxylic acids is 1. The van der Waals surface area contributed by atoms with E-state index in [9.17, 15) is 9.90 Å². The maximum Gasteiger partial charge on any atom is 0.356 e. The highest BCUT2D eigenvalue weighted by atomic mass is 79.9. The zero-order chi connectivity index (χ0) is 15.6. The third-order valence-corrected chi connectivity index (χ3v) is 3.55. The smallest absolute Gasteiger partial charge is 0.356 e. The molecule has 2 aromatic rings. The van der Waals surface area contributed by atoms with Crippen LogP contribution in [0.5, 0.6) is 0 Å². The van der Waals surface area contributed by atoms with Gasteiger partial charge in [0.2, 0.25) is 0 Å². The summed E-state index contributed by atoms with van der Waals surface area (Å²) in [5.41, 5.74) is 0.797. The highest BCUT2D eigenvalue weighted by Crippen LogP contribution is 2.29. The van der Waals surface area contributed by atoms with Gasteiger partial charge in [0, 0.05) is 10.4 Å². The van der Waals surface area contributed by atoms with E-state index in [0.29, 0.717) is 22.2 Å². The SMILES string of the molecule is CC(C)c1ncc(Nc2cc(Br)ccc2Cl)c(C(=O)O)n1. The van der Waals surface area contributed by atoms with E-state index in [0.717, 1.165) is 4.47 Å². The fraction of sp³-hybridized carbons (Fsp3) is 0.214. The van der Waals surface area contributed by atoms with E-state index in [2.05, 4.69) is 31.2 Å². The molecular formula is C14H13BrClN3O2. The summed E-state index contributed by atoms with van der Waals surface area (Å²) in [6, 6.07) is 5.26. The molecule has 7 heteroatoms. The number of carboxylic acid groups (broad SMARTS) is 1. The van der Waals surface area contributed by atoms with Crippen molar-refractivity contribution in [3.8, 4) is 0 Å². The van der Waals surface area contributed by atoms with Gasteiger partial charge in [0.1, 0.15) is 5.82 Å². The number of anilines is 2. The second kappa shape index (κ2) is 6.41. The molecule has 0 aliphatic heterocycles. The van der Waals surface area contributed by atoms with Gasteiger partial charge in [-0.25, -0.2) is 14.8 Å². The van der Waals surface area contributed by atoms with Crippen LogP contribution in [-0.2, 0) is 0 Å². The first-order valence-corrected chi connectivity index (χ1v) is 7.38. The maximum atomic E-state index is 11.4. The van der Waals surface area contributed by atoms with E-state index < -0.39 is 5.97 Å². The lowest BCUT2D eigenvalue weighted by atomic mass is 10.2. The summed E-state index contributed by atoms with van der Waals surface area (Å²) in [6.45, 7) is 3.80. The summed E-state index contributed by atoms with van der Waals surface area (Å²) in [4.78, 5) is 19.6. The van der Waals surface area contributed by atoms with E-state index in [1.54, 1.807) is 18.2 Å². The van der Waals surface area contributed by atoms with Gasteiger partial charge in [-0.2, -0.15) is 0 Å². The summed E-state index contributed by atoms with van der Waals surface area (Å²) in [5, 5.41) is 12.7. The fourth-order valence-corrected chi connectivity index (χ4v) is 2.19. The van der Waals surface area contributed by atoms with Crippen molar-refractivity contribution in [2.45, 2.75) is 19.8 Å². The molecule has 1 heterocycles. The number of aromatic nitrogens is 2. The molecule has 1 aromatic heterocycles. The Morgan fingerprint density at radius 1 is 1.38 bits per heavy atom. The molecule has 0 aliphatic carbocycles. The number of benzene rings is 1. The van der Waals surface area contributed by atoms with Crippen LogP contribution in [0, 0.1) is 0 Å². The molecule has 0 atom stereocenters.